The largest absolute Gasteiger partial charge is 0.477 e. The summed E-state index contributed by atoms with van der Waals surface area (Å²) in [5.74, 6) is -1.86. The van der Waals surface area contributed by atoms with Crippen LogP contribution in [0.4, 0.5) is 0 Å². The van der Waals surface area contributed by atoms with E-state index in [0.717, 1.165) is 24.2 Å². The SMILES string of the molecule is CCC1CCC(SC2=C(C(=O)O)N3C(=O)C(C(C)O)C3C2C)N1. The number of thioether (sulfide) groups is 1. The molecular formula is C16H24N2O4S. The van der Waals surface area contributed by atoms with E-state index in [-0.39, 0.29) is 28.9 Å². The van der Waals surface area contributed by atoms with Gasteiger partial charge in [0.15, 0.2) is 0 Å². The van der Waals surface area contributed by atoms with E-state index in [4.69, 9.17) is 0 Å². The first-order valence-corrected chi connectivity index (χ1v) is 9.16. The average Bonchev–Trinajstić information content (AvgIpc) is 3.02. The first-order chi connectivity index (χ1) is 10.9. The molecule has 128 valence electrons. The number of aliphatic hydroxyl groups excluding tert-OH is 1. The summed E-state index contributed by atoms with van der Waals surface area (Å²) in [6.07, 6.45) is 2.42. The number of nitrogens with one attached hydrogen (secondary N) is 1. The number of hydrogen-bond acceptors (Lipinski definition) is 5. The fourth-order valence-corrected chi connectivity index (χ4v) is 5.50. The molecule has 6 atom stereocenters. The van der Waals surface area contributed by atoms with E-state index in [9.17, 15) is 19.8 Å². The van der Waals surface area contributed by atoms with Crippen molar-refractivity contribution >= 4 is 23.6 Å². The molecule has 1 amide bonds. The van der Waals surface area contributed by atoms with E-state index in [0.29, 0.717) is 6.04 Å². The van der Waals surface area contributed by atoms with E-state index in [1.54, 1.807) is 18.7 Å². The molecule has 23 heavy (non-hydrogen) atoms. The number of carbonyl (C=O) groups is 2. The molecule has 0 aromatic rings. The van der Waals surface area contributed by atoms with E-state index >= 15 is 0 Å². The number of aliphatic carboxylic acids is 1. The van der Waals surface area contributed by atoms with Gasteiger partial charge < -0.3 is 20.4 Å². The molecule has 6 unspecified atom stereocenters. The monoisotopic (exact) mass is 340 g/mol. The van der Waals surface area contributed by atoms with Crippen LogP contribution in [-0.4, -0.2) is 50.6 Å². The van der Waals surface area contributed by atoms with Crippen LogP contribution in [0.2, 0.25) is 0 Å². The van der Waals surface area contributed by atoms with Gasteiger partial charge in [0.1, 0.15) is 5.70 Å². The van der Waals surface area contributed by atoms with Gasteiger partial charge in [0, 0.05) is 16.9 Å². The van der Waals surface area contributed by atoms with Crippen LogP contribution in [0.25, 0.3) is 0 Å². The van der Waals surface area contributed by atoms with E-state index in [2.05, 4.69) is 12.2 Å². The molecule has 2 fully saturated rings. The third-order valence-electron chi connectivity index (χ3n) is 5.27. The number of amides is 1. The molecule has 3 N–H and O–H groups in total. The maximum atomic E-state index is 12.3. The first kappa shape index (κ1) is 16.8. The van der Waals surface area contributed by atoms with Crippen molar-refractivity contribution in [1.29, 1.82) is 0 Å². The second kappa shape index (κ2) is 6.11. The Balaban J connectivity index is 1.83. The van der Waals surface area contributed by atoms with Crippen LogP contribution in [0.3, 0.4) is 0 Å². The van der Waals surface area contributed by atoms with Crippen LogP contribution in [0.5, 0.6) is 0 Å². The topological polar surface area (TPSA) is 89.9 Å². The van der Waals surface area contributed by atoms with Crippen LogP contribution >= 0.6 is 11.8 Å². The normalized spacial score (nSPS) is 37.8. The summed E-state index contributed by atoms with van der Waals surface area (Å²) < 4.78 is 0. The number of rotatable bonds is 5. The van der Waals surface area contributed by atoms with Gasteiger partial charge in [-0.25, -0.2) is 4.79 Å². The van der Waals surface area contributed by atoms with Crippen LogP contribution < -0.4 is 5.32 Å². The second-order valence-electron chi connectivity index (χ2n) is 6.73. The Hall–Kier alpha value is -1.05. The van der Waals surface area contributed by atoms with Crippen molar-refractivity contribution in [2.24, 2.45) is 11.8 Å². The zero-order chi connectivity index (χ0) is 16.9. The fraction of sp³-hybridized carbons (Fsp3) is 0.750. The number of nitrogens with zero attached hydrogens (tertiary/aromatic N) is 1. The molecule has 0 bridgehead atoms. The zero-order valence-corrected chi connectivity index (χ0v) is 14.5. The number of carbonyl (C=O) groups excluding carboxylic acids is 1. The molecule has 0 spiro atoms. The molecule has 0 aliphatic carbocycles. The Morgan fingerprint density at radius 2 is 2.17 bits per heavy atom. The highest BCUT2D eigenvalue weighted by molar-refractivity contribution is 8.03. The quantitative estimate of drug-likeness (QED) is 0.655. The van der Waals surface area contributed by atoms with Crippen molar-refractivity contribution in [2.75, 3.05) is 0 Å². The smallest absolute Gasteiger partial charge is 0.353 e. The maximum absolute atomic E-state index is 12.3. The Morgan fingerprint density at radius 3 is 2.70 bits per heavy atom. The lowest BCUT2D eigenvalue weighted by atomic mass is 9.79. The van der Waals surface area contributed by atoms with Crippen molar-refractivity contribution in [3.8, 4) is 0 Å². The van der Waals surface area contributed by atoms with Crippen molar-refractivity contribution < 1.29 is 19.8 Å². The van der Waals surface area contributed by atoms with Gasteiger partial charge in [-0.1, -0.05) is 13.8 Å². The summed E-state index contributed by atoms with van der Waals surface area (Å²) in [4.78, 5) is 26.1. The predicted molar refractivity (Wildman–Crippen MR) is 87.5 cm³/mol. The Kier molecular flexibility index (Phi) is 4.46. The number of fused-ring (bicyclic) bond motifs is 1. The van der Waals surface area contributed by atoms with Crippen molar-refractivity contribution in [3.05, 3.63) is 10.6 Å². The number of carboxylic acid groups (broad SMARTS) is 1. The maximum Gasteiger partial charge on any atom is 0.353 e. The van der Waals surface area contributed by atoms with Crippen molar-refractivity contribution in [3.63, 3.8) is 0 Å². The number of β-lactam (4-membered cyclic amide) rings is 1. The second-order valence-corrected chi connectivity index (χ2v) is 7.97. The van der Waals surface area contributed by atoms with Crippen LogP contribution in [0.1, 0.15) is 40.0 Å². The summed E-state index contributed by atoms with van der Waals surface area (Å²) in [6.45, 7) is 5.70. The summed E-state index contributed by atoms with van der Waals surface area (Å²) in [5.41, 5.74) is 0.121. The van der Waals surface area contributed by atoms with Gasteiger partial charge in [0.25, 0.3) is 0 Å². The van der Waals surface area contributed by atoms with Gasteiger partial charge in [-0.3, -0.25) is 4.79 Å². The minimum absolute atomic E-state index is 0.0501. The lowest BCUT2D eigenvalue weighted by molar-refractivity contribution is -0.163. The molecule has 0 radical (unpaired) electrons. The highest BCUT2D eigenvalue weighted by atomic mass is 32.2. The van der Waals surface area contributed by atoms with Crippen LogP contribution in [0.15, 0.2) is 10.6 Å². The Bertz CT molecular complexity index is 562. The van der Waals surface area contributed by atoms with Gasteiger partial charge in [0.2, 0.25) is 5.91 Å². The van der Waals surface area contributed by atoms with Gasteiger partial charge >= 0.3 is 5.97 Å². The predicted octanol–water partition coefficient (Wildman–Crippen LogP) is 1.36. The Morgan fingerprint density at radius 1 is 1.48 bits per heavy atom. The highest BCUT2D eigenvalue weighted by Crippen LogP contribution is 2.51. The first-order valence-electron chi connectivity index (χ1n) is 8.28. The molecule has 3 aliphatic rings. The summed E-state index contributed by atoms with van der Waals surface area (Å²) in [6, 6.07) is 0.265. The highest BCUT2D eigenvalue weighted by Gasteiger charge is 2.60. The molecule has 0 saturated carbocycles. The van der Waals surface area contributed by atoms with Gasteiger partial charge in [-0.05, 0) is 26.2 Å². The molecule has 6 nitrogen and oxygen atoms in total. The average molecular weight is 340 g/mol. The zero-order valence-electron chi connectivity index (χ0n) is 13.7. The molecule has 7 heteroatoms. The molecule has 0 aromatic carbocycles. The molecule has 3 heterocycles. The van der Waals surface area contributed by atoms with Crippen LogP contribution in [0, 0.1) is 11.8 Å². The lowest BCUT2D eigenvalue weighted by Crippen LogP contribution is -2.63. The van der Waals surface area contributed by atoms with Gasteiger partial charge in [-0.15, -0.1) is 11.8 Å². The third kappa shape index (κ3) is 2.58. The molecule has 2 saturated heterocycles. The summed E-state index contributed by atoms with van der Waals surface area (Å²) in [5, 5.41) is 23.2. The number of aliphatic hydroxyl groups is 1. The van der Waals surface area contributed by atoms with Crippen LogP contribution in [-0.2, 0) is 9.59 Å². The molecule has 3 rings (SSSR count). The summed E-state index contributed by atoms with van der Waals surface area (Å²) >= 11 is 1.55. The van der Waals surface area contributed by atoms with E-state index in [1.807, 2.05) is 6.92 Å². The van der Waals surface area contributed by atoms with Crippen molar-refractivity contribution in [2.45, 2.75) is 63.6 Å². The van der Waals surface area contributed by atoms with Gasteiger partial charge in [-0.2, -0.15) is 0 Å². The standard InChI is InChI=1S/C16H24N2O4S/c1-4-9-5-6-10(17-9)23-14-7(2)12-11(8(3)19)15(20)18(12)13(14)16(21)22/h7-12,17,19H,4-6H2,1-3H3,(H,21,22). The van der Waals surface area contributed by atoms with Gasteiger partial charge in [0.05, 0.1) is 23.4 Å². The van der Waals surface area contributed by atoms with E-state index < -0.39 is 18.0 Å². The summed E-state index contributed by atoms with van der Waals surface area (Å²) in [7, 11) is 0. The molecule has 0 aromatic heterocycles. The third-order valence-corrected chi connectivity index (χ3v) is 6.75. The fourth-order valence-electron chi connectivity index (χ4n) is 4.03. The number of hydrogen-bond donors (Lipinski definition) is 3. The molecule has 3 aliphatic heterocycles. The lowest BCUT2D eigenvalue weighted by Gasteiger charge is -2.46. The number of carboxylic acids is 1. The molecular weight excluding hydrogens is 316 g/mol. The Labute approximate surface area is 140 Å². The van der Waals surface area contributed by atoms with Crippen molar-refractivity contribution in [1.82, 2.24) is 10.2 Å². The minimum Gasteiger partial charge on any atom is -0.477 e. The van der Waals surface area contributed by atoms with E-state index in [1.165, 1.54) is 4.90 Å². The minimum atomic E-state index is -1.05.